The molecule has 26 heavy (non-hydrogen) atoms. The number of pyridine rings is 1. The molecule has 2 fully saturated rings. The Morgan fingerprint density at radius 1 is 1.12 bits per heavy atom. The third-order valence-corrected chi connectivity index (χ3v) is 5.80. The van der Waals surface area contributed by atoms with Crippen molar-refractivity contribution in [1.82, 2.24) is 14.8 Å². The van der Waals surface area contributed by atoms with E-state index in [0.717, 1.165) is 38.5 Å². The highest BCUT2D eigenvalue weighted by Gasteiger charge is 2.26. The van der Waals surface area contributed by atoms with Gasteiger partial charge >= 0.3 is 0 Å². The van der Waals surface area contributed by atoms with Gasteiger partial charge in [0, 0.05) is 38.8 Å². The smallest absolute Gasteiger partial charge is 0.263 e. The van der Waals surface area contributed by atoms with Gasteiger partial charge in [0.25, 0.3) is 11.5 Å². The molecule has 2 heterocycles. The minimum absolute atomic E-state index is 0.184. The van der Waals surface area contributed by atoms with Crippen molar-refractivity contribution in [3.63, 3.8) is 0 Å². The molecule has 0 aromatic carbocycles. The van der Waals surface area contributed by atoms with Gasteiger partial charge in [-0.05, 0) is 43.7 Å². The summed E-state index contributed by atoms with van der Waals surface area (Å²) in [7, 11) is 1.65. The first-order chi connectivity index (χ1) is 12.6. The Morgan fingerprint density at radius 3 is 2.50 bits per heavy atom. The second-order valence-corrected chi connectivity index (χ2v) is 7.65. The van der Waals surface area contributed by atoms with Crippen LogP contribution in [0.25, 0.3) is 0 Å². The first kappa shape index (κ1) is 18.7. The molecule has 3 rings (SSSR count). The fourth-order valence-electron chi connectivity index (χ4n) is 4.02. The molecule has 1 saturated heterocycles. The number of carbonyl (C=O) groups excluding carboxylic acids is 2. The van der Waals surface area contributed by atoms with E-state index in [4.69, 9.17) is 0 Å². The largest absolute Gasteiger partial charge is 0.356 e. The highest BCUT2D eigenvalue weighted by atomic mass is 16.2. The number of likely N-dealkylation sites (tertiary alicyclic amines) is 1. The number of piperidine rings is 1. The van der Waals surface area contributed by atoms with Crippen LogP contribution in [0.3, 0.4) is 0 Å². The minimum Gasteiger partial charge on any atom is -0.356 e. The summed E-state index contributed by atoms with van der Waals surface area (Å²) in [6.07, 6.45) is 9.00. The summed E-state index contributed by atoms with van der Waals surface area (Å²) in [6, 6.07) is 3.32. The zero-order chi connectivity index (χ0) is 18.5. The fourth-order valence-corrected chi connectivity index (χ4v) is 4.02. The van der Waals surface area contributed by atoms with Crippen LogP contribution in [0.5, 0.6) is 0 Å². The molecule has 1 aliphatic carbocycles. The molecule has 0 radical (unpaired) electrons. The molecule has 6 heteroatoms. The average molecular weight is 359 g/mol. The fraction of sp³-hybridized carbons (Fsp3) is 0.650. The normalized spacial score (nSPS) is 19.3. The molecule has 1 aromatic heterocycles. The molecule has 1 aliphatic heterocycles. The molecule has 142 valence electrons. The van der Waals surface area contributed by atoms with Gasteiger partial charge in [-0.25, -0.2) is 0 Å². The lowest BCUT2D eigenvalue weighted by atomic mass is 9.88. The summed E-state index contributed by atoms with van der Waals surface area (Å²) in [5.74, 6) is 0.622. The second-order valence-electron chi connectivity index (χ2n) is 7.65. The number of carbonyl (C=O) groups is 2. The average Bonchev–Trinajstić information content (AvgIpc) is 2.69. The summed E-state index contributed by atoms with van der Waals surface area (Å²) >= 11 is 0. The second kappa shape index (κ2) is 8.52. The van der Waals surface area contributed by atoms with E-state index in [-0.39, 0.29) is 28.9 Å². The zero-order valence-electron chi connectivity index (χ0n) is 15.6. The number of aromatic nitrogens is 1. The van der Waals surface area contributed by atoms with E-state index in [9.17, 15) is 14.4 Å². The first-order valence-corrected chi connectivity index (χ1v) is 9.79. The zero-order valence-corrected chi connectivity index (χ0v) is 15.6. The van der Waals surface area contributed by atoms with E-state index in [1.165, 1.54) is 11.0 Å². The monoisotopic (exact) mass is 359 g/mol. The van der Waals surface area contributed by atoms with Crippen LogP contribution in [0.15, 0.2) is 23.1 Å². The Hall–Kier alpha value is -2.11. The maximum Gasteiger partial charge on any atom is 0.263 e. The summed E-state index contributed by atoms with van der Waals surface area (Å²) in [5, 5.41) is 3.12. The SMILES string of the molecule is Cn1cccc(C(=O)N2CCC(CNC(=O)C3CCCCC3)CC2)c1=O. The van der Waals surface area contributed by atoms with Gasteiger partial charge in [-0.15, -0.1) is 0 Å². The Bertz CT molecular complexity index is 698. The third kappa shape index (κ3) is 4.34. The topological polar surface area (TPSA) is 71.4 Å². The molecular weight excluding hydrogens is 330 g/mol. The number of rotatable bonds is 4. The van der Waals surface area contributed by atoms with Crippen molar-refractivity contribution in [2.45, 2.75) is 44.9 Å². The predicted octanol–water partition coefficient (Wildman–Crippen LogP) is 1.93. The van der Waals surface area contributed by atoms with Gasteiger partial charge in [0.2, 0.25) is 5.91 Å². The van der Waals surface area contributed by atoms with E-state index in [1.807, 2.05) is 0 Å². The van der Waals surface area contributed by atoms with Crippen molar-refractivity contribution in [1.29, 1.82) is 0 Å². The van der Waals surface area contributed by atoms with Crippen LogP contribution >= 0.6 is 0 Å². The van der Waals surface area contributed by atoms with Crippen molar-refractivity contribution in [2.24, 2.45) is 18.9 Å². The lowest BCUT2D eigenvalue weighted by Crippen LogP contribution is -2.44. The first-order valence-electron chi connectivity index (χ1n) is 9.79. The number of aryl methyl sites for hydroxylation is 1. The highest BCUT2D eigenvalue weighted by Crippen LogP contribution is 2.24. The van der Waals surface area contributed by atoms with Gasteiger partial charge in [-0.2, -0.15) is 0 Å². The van der Waals surface area contributed by atoms with Crippen LogP contribution in [0, 0.1) is 11.8 Å². The van der Waals surface area contributed by atoms with E-state index >= 15 is 0 Å². The molecule has 2 amide bonds. The summed E-state index contributed by atoms with van der Waals surface area (Å²) in [4.78, 5) is 38.7. The number of nitrogens with zero attached hydrogens (tertiary/aromatic N) is 2. The molecular formula is C20H29N3O3. The van der Waals surface area contributed by atoms with E-state index in [0.29, 0.717) is 25.6 Å². The molecule has 1 N–H and O–H groups in total. The van der Waals surface area contributed by atoms with Crippen molar-refractivity contribution >= 4 is 11.8 Å². The summed E-state index contributed by atoms with van der Waals surface area (Å²) < 4.78 is 1.43. The van der Waals surface area contributed by atoms with Crippen LogP contribution in [0.1, 0.15) is 55.3 Å². The van der Waals surface area contributed by atoms with E-state index in [1.54, 1.807) is 30.3 Å². The summed E-state index contributed by atoms with van der Waals surface area (Å²) in [6.45, 7) is 1.98. The third-order valence-electron chi connectivity index (χ3n) is 5.80. The van der Waals surface area contributed by atoms with Crippen LogP contribution in [-0.4, -0.2) is 40.9 Å². The van der Waals surface area contributed by atoms with Crippen molar-refractivity contribution < 1.29 is 9.59 Å². The molecule has 6 nitrogen and oxygen atoms in total. The number of hydrogen-bond donors (Lipinski definition) is 1. The van der Waals surface area contributed by atoms with Crippen molar-refractivity contribution in [3.8, 4) is 0 Å². The Balaban J connectivity index is 1.46. The van der Waals surface area contributed by atoms with Gasteiger partial charge < -0.3 is 14.8 Å². The molecule has 0 spiro atoms. The summed E-state index contributed by atoms with van der Waals surface area (Å²) in [5.41, 5.74) is -0.0154. The molecule has 2 aliphatic rings. The minimum atomic E-state index is -0.251. The van der Waals surface area contributed by atoms with Gasteiger partial charge in [-0.1, -0.05) is 19.3 Å². The van der Waals surface area contributed by atoms with Gasteiger partial charge in [0.1, 0.15) is 5.56 Å². The van der Waals surface area contributed by atoms with Gasteiger partial charge in [0.05, 0.1) is 0 Å². The highest BCUT2D eigenvalue weighted by molar-refractivity contribution is 5.93. The lowest BCUT2D eigenvalue weighted by Gasteiger charge is -2.32. The number of nitrogens with one attached hydrogen (secondary N) is 1. The van der Waals surface area contributed by atoms with Gasteiger partial charge in [-0.3, -0.25) is 14.4 Å². The Labute approximate surface area is 154 Å². The molecule has 1 saturated carbocycles. The predicted molar refractivity (Wildman–Crippen MR) is 99.9 cm³/mol. The molecule has 0 atom stereocenters. The van der Waals surface area contributed by atoms with Crippen LogP contribution in [0.2, 0.25) is 0 Å². The Morgan fingerprint density at radius 2 is 1.81 bits per heavy atom. The quantitative estimate of drug-likeness (QED) is 0.893. The van der Waals surface area contributed by atoms with Gasteiger partial charge in [0.15, 0.2) is 0 Å². The van der Waals surface area contributed by atoms with E-state index < -0.39 is 0 Å². The van der Waals surface area contributed by atoms with Crippen LogP contribution in [-0.2, 0) is 11.8 Å². The lowest BCUT2D eigenvalue weighted by molar-refractivity contribution is -0.126. The molecule has 0 bridgehead atoms. The van der Waals surface area contributed by atoms with Crippen LogP contribution in [0.4, 0.5) is 0 Å². The standard InChI is InChI=1S/C20H29N3O3/c1-22-11-5-8-17(19(22)25)20(26)23-12-9-15(10-13-23)14-21-18(24)16-6-3-2-4-7-16/h5,8,11,15-16H,2-4,6-7,9-10,12-14H2,1H3,(H,21,24). The van der Waals surface area contributed by atoms with E-state index in [2.05, 4.69) is 5.32 Å². The Kier molecular flexibility index (Phi) is 6.12. The number of hydrogen-bond acceptors (Lipinski definition) is 3. The van der Waals surface area contributed by atoms with Crippen molar-refractivity contribution in [3.05, 3.63) is 34.2 Å². The van der Waals surface area contributed by atoms with Crippen molar-refractivity contribution in [2.75, 3.05) is 19.6 Å². The van der Waals surface area contributed by atoms with Crippen LogP contribution < -0.4 is 10.9 Å². The maximum absolute atomic E-state index is 12.6. The molecule has 0 unspecified atom stereocenters. The molecule has 1 aromatic rings. The number of amides is 2. The maximum atomic E-state index is 12.6.